The summed E-state index contributed by atoms with van der Waals surface area (Å²) in [6, 6.07) is 4.56. The Balaban J connectivity index is 2.76. The molecule has 4 heteroatoms. The SMILES string of the molecule is CC(C)C(O)C(O)Cc1cc(Br)ccc1F. The predicted molar refractivity (Wildman–Crippen MR) is 64.7 cm³/mol. The van der Waals surface area contributed by atoms with E-state index in [9.17, 15) is 14.6 Å². The van der Waals surface area contributed by atoms with Gasteiger partial charge in [0.2, 0.25) is 0 Å². The largest absolute Gasteiger partial charge is 0.390 e. The summed E-state index contributed by atoms with van der Waals surface area (Å²) in [7, 11) is 0. The van der Waals surface area contributed by atoms with Crippen molar-refractivity contribution in [1.29, 1.82) is 0 Å². The van der Waals surface area contributed by atoms with E-state index >= 15 is 0 Å². The molecule has 0 saturated carbocycles. The monoisotopic (exact) mass is 290 g/mol. The molecule has 0 heterocycles. The molecule has 0 bridgehead atoms. The van der Waals surface area contributed by atoms with Gasteiger partial charge < -0.3 is 10.2 Å². The molecule has 0 fully saturated rings. The molecule has 1 aromatic carbocycles. The number of benzene rings is 1. The van der Waals surface area contributed by atoms with Crippen molar-refractivity contribution in [2.75, 3.05) is 0 Å². The minimum Gasteiger partial charge on any atom is -0.390 e. The van der Waals surface area contributed by atoms with Crippen LogP contribution in [0.25, 0.3) is 0 Å². The Kier molecular flexibility index (Phi) is 4.89. The number of hydrogen-bond donors (Lipinski definition) is 2. The Labute approximate surface area is 103 Å². The van der Waals surface area contributed by atoms with Crippen LogP contribution in [0.4, 0.5) is 4.39 Å². The first-order valence-corrected chi connectivity index (χ1v) is 6.01. The topological polar surface area (TPSA) is 40.5 Å². The highest BCUT2D eigenvalue weighted by atomic mass is 79.9. The van der Waals surface area contributed by atoms with Gasteiger partial charge in [-0.25, -0.2) is 4.39 Å². The van der Waals surface area contributed by atoms with Gasteiger partial charge in [0.25, 0.3) is 0 Å². The molecule has 0 saturated heterocycles. The van der Waals surface area contributed by atoms with Crippen molar-refractivity contribution in [1.82, 2.24) is 0 Å². The number of rotatable bonds is 4. The zero-order valence-electron chi connectivity index (χ0n) is 9.32. The summed E-state index contributed by atoms with van der Waals surface area (Å²) in [5.74, 6) is -0.413. The molecule has 0 aliphatic rings. The van der Waals surface area contributed by atoms with Crippen molar-refractivity contribution >= 4 is 15.9 Å². The van der Waals surface area contributed by atoms with Crippen LogP contribution in [-0.2, 0) is 6.42 Å². The lowest BCUT2D eigenvalue weighted by atomic mass is 9.96. The molecule has 0 spiro atoms. The summed E-state index contributed by atoms with van der Waals surface area (Å²) in [5, 5.41) is 19.4. The van der Waals surface area contributed by atoms with E-state index in [-0.39, 0.29) is 18.2 Å². The average molecular weight is 291 g/mol. The van der Waals surface area contributed by atoms with E-state index in [4.69, 9.17) is 0 Å². The van der Waals surface area contributed by atoms with Gasteiger partial charge in [-0.2, -0.15) is 0 Å². The van der Waals surface area contributed by atoms with Crippen LogP contribution in [0.1, 0.15) is 19.4 Å². The van der Waals surface area contributed by atoms with E-state index in [1.165, 1.54) is 6.07 Å². The third-order valence-electron chi connectivity index (χ3n) is 2.51. The molecule has 0 aliphatic carbocycles. The van der Waals surface area contributed by atoms with Gasteiger partial charge in [-0.05, 0) is 29.7 Å². The summed E-state index contributed by atoms with van der Waals surface area (Å²) >= 11 is 3.24. The molecule has 90 valence electrons. The van der Waals surface area contributed by atoms with Crippen LogP contribution in [0.5, 0.6) is 0 Å². The Morgan fingerprint density at radius 3 is 2.50 bits per heavy atom. The molecule has 2 nitrogen and oxygen atoms in total. The number of hydrogen-bond acceptors (Lipinski definition) is 2. The second-order valence-corrected chi connectivity index (χ2v) is 5.16. The molecule has 16 heavy (non-hydrogen) atoms. The van der Waals surface area contributed by atoms with E-state index in [1.54, 1.807) is 12.1 Å². The van der Waals surface area contributed by atoms with Gasteiger partial charge >= 0.3 is 0 Å². The fourth-order valence-corrected chi connectivity index (χ4v) is 1.90. The Morgan fingerprint density at radius 1 is 1.31 bits per heavy atom. The zero-order valence-corrected chi connectivity index (χ0v) is 10.9. The number of halogens is 2. The van der Waals surface area contributed by atoms with Gasteiger partial charge in [0.05, 0.1) is 12.2 Å². The van der Waals surface area contributed by atoms with Crippen molar-refractivity contribution in [3.8, 4) is 0 Å². The maximum Gasteiger partial charge on any atom is 0.126 e. The molecule has 2 unspecified atom stereocenters. The summed E-state index contributed by atoms with van der Waals surface area (Å²) in [4.78, 5) is 0. The van der Waals surface area contributed by atoms with Crippen LogP contribution in [0.15, 0.2) is 22.7 Å². The molecule has 1 aromatic rings. The zero-order chi connectivity index (χ0) is 12.3. The molecule has 2 atom stereocenters. The molecule has 0 aliphatic heterocycles. The van der Waals surface area contributed by atoms with Crippen molar-refractivity contribution in [2.45, 2.75) is 32.5 Å². The Morgan fingerprint density at radius 2 is 1.94 bits per heavy atom. The van der Waals surface area contributed by atoms with Gasteiger partial charge in [0.1, 0.15) is 5.82 Å². The molecule has 2 N–H and O–H groups in total. The highest BCUT2D eigenvalue weighted by molar-refractivity contribution is 9.10. The standard InChI is InChI=1S/C12H16BrFO2/c1-7(2)12(16)11(15)6-8-5-9(13)3-4-10(8)14/h3-5,7,11-12,15-16H,6H2,1-2H3. The van der Waals surface area contributed by atoms with Crippen LogP contribution in [-0.4, -0.2) is 22.4 Å². The van der Waals surface area contributed by atoms with Gasteiger partial charge in [-0.15, -0.1) is 0 Å². The highest BCUT2D eigenvalue weighted by Crippen LogP contribution is 2.19. The predicted octanol–water partition coefficient (Wildman–Crippen LogP) is 2.51. The lowest BCUT2D eigenvalue weighted by molar-refractivity contribution is -0.00769. The second-order valence-electron chi connectivity index (χ2n) is 4.24. The molecule has 0 radical (unpaired) electrons. The Hall–Kier alpha value is -0.450. The number of aliphatic hydroxyl groups excluding tert-OH is 2. The first-order valence-electron chi connectivity index (χ1n) is 5.22. The lowest BCUT2D eigenvalue weighted by Crippen LogP contribution is -2.32. The van der Waals surface area contributed by atoms with E-state index in [0.717, 1.165) is 4.47 Å². The molecule has 0 amide bonds. The minimum absolute atomic E-state index is 0.0507. The first kappa shape index (κ1) is 13.6. The quantitative estimate of drug-likeness (QED) is 0.895. The van der Waals surface area contributed by atoms with Crippen molar-refractivity contribution in [3.05, 3.63) is 34.1 Å². The van der Waals surface area contributed by atoms with E-state index < -0.39 is 12.2 Å². The van der Waals surface area contributed by atoms with Crippen molar-refractivity contribution in [2.24, 2.45) is 5.92 Å². The molecular formula is C12H16BrFO2. The van der Waals surface area contributed by atoms with Gasteiger partial charge in [0, 0.05) is 10.9 Å². The third-order valence-corrected chi connectivity index (χ3v) is 3.01. The van der Waals surface area contributed by atoms with E-state index in [1.807, 2.05) is 13.8 Å². The van der Waals surface area contributed by atoms with E-state index in [0.29, 0.717) is 5.56 Å². The molecule has 0 aromatic heterocycles. The van der Waals surface area contributed by atoms with Crippen LogP contribution in [0.2, 0.25) is 0 Å². The third kappa shape index (κ3) is 3.54. The fourth-order valence-electron chi connectivity index (χ4n) is 1.49. The van der Waals surface area contributed by atoms with Crippen molar-refractivity contribution < 1.29 is 14.6 Å². The van der Waals surface area contributed by atoms with Crippen molar-refractivity contribution in [3.63, 3.8) is 0 Å². The number of aliphatic hydroxyl groups is 2. The Bertz CT molecular complexity index is 355. The smallest absolute Gasteiger partial charge is 0.126 e. The maximum absolute atomic E-state index is 13.4. The summed E-state index contributed by atoms with van der Waals surface area (Å²) < 4.78 is 14.1. The second kappa shape index (κ2) is 5.75. The molecule has 1 rings (SSSR count). The summed E-state index contributed by atoms with van der Waals surface area (Å²) in [5.41, 5.74) is 0.404. The van der Waals surface area contributed by atoms with Crippen LogP contribution < -0.4 is 0 Å². The normalized spacial score (nSPS) is 15.2. The maximum atomic E-state index is 13.4. The highest BCUT2D eigenvalue weighted by Gasteiger charge is 2.21. The first-order chi connectivity index (χ1) is 7.41. The summed E-state index contributed by atoms with van der Waals surface area (Å²) in [6.07, 6.45) is -1.66. The fraction of sp³-hybridized carbons (Fsp3) is 0.500. The van der Waals surface area contributed by atoms with Gasteiger partial charge in [-0.3, -0.25) is 0 Å². The van der Waals surface area contributed by atoms with Gasteiger partial charge in [-0.1, -0.05) is 29.8 Å². The lowest BCUT2D eigenvalue weighted by Gasteiger charge is -2.21. The van der Waals surface area contributed by atoms with Crippen LogP contribution in [0, 0.1) is 11.7 Å². The average Bonchev–Trinajstić information content (AvgIpc) is 2.22. The van der Waals surface area contributed by atoms with Gasteiger partial charge in [0.15, 0.2) is 0 Å². The summed E-state index contributed by atoms with van der Waals surface area (Å²) in [6.45, 7) is 3.62. The molecular weight excluding hydrogens is 275 g/mol. The van der Waals surface area contributed by atoms with E-state index in [2.05, 4.69) is 15.9 Å². The van der Waals surface area contributed by atoms with Crippen LogP contribution in [0.3, 0.4) is 0 Å². The minimum atomic E-state index is -0.941. The van der Waals surface area contributed by atoms with Crippen LogP contribution >= 0.6 is 15.9 Å².